The van der Waals surface area contributed by atoms with Crippen LogP contribution in [-0.4, -0.2) is 51.0 Å². The van der Waals surface area contributed by atoms with Crippen molar-refractivity contribution >= 4 is 17.8 Å². The van der Waals surface area contributed by atoms with Crippen LogP contribution in [0.4, 0.5) is 4.79 Å². The van der Waals surface area contributed by atoms with Crippen LogP contribution in [0.15, 0.2) is 67.0 Å². The van der Waals surface area contributed by atoms with Crippen LogP contribution in [-0.2, 0) is 21.7 Å². The fraction of sp³-hybridized carbons (Fsp3) is 0.208. The van der Waals surface area contributed by atoms with Gasteiger partial charge in [-0.2, -0.15) is 10.4 Å². The van der Waals surface area contributed by atoms with Gasteiger partial charge in [-0.3, -0.25) is 14.5 Å². The van der Waals surface area contributed by atoms with Crippen LogP contribution in [0.25, 0.3) is 5.69 Å². The van der Waals surface area contributed by atoms with E-state index in [-0.39, 0.29) is 19.0 Å². The first-order valence-corrected chi connectivity index (χ1v) is 10.3. The van der Waals surface area contributed by atoms with E-state index in [2.05, 4.69) is 10.4 Å². The summed E-state index contributed by atoms with van der Waals surface area (Å²) in [7, 11) is 1.61. The normalized spacial score (nSPS) is 17.5. The summed E-state index contributed by atoms with van der Waals surface area (Å²) in [5.74, 6) is -0.897. The lowest BCUT2D eigenvalue weighted by Crippen LogP contribution is -2.43. The van der Waals surface area contributed by atoms with Crippen molar-refractivity contribution in [1.29, 1.82) is 5.26 Å². The quantitative estimate of drug-likeness (QED) is 0.588. The van der Waals surface area contributed by atoms with Crippen LogP contribution in [0, 0.1) is 11.3 Å². The predicted octanol–water partition coefficient (Wildman–Crippen LogP) is 2.17. The number of hydrogen-bond donors (Lipinski definition) is 1. The minimum absolute atomic E-state index is 0.280. The molecule has 9 nitrogen and oxygen atoms in total. The SMILES string of the molecule is CN(Cc1cnn(-c2ccccc2)c1)C(=O)CN1C(=O)N[C@](C)(c2ccc(C#N)cc2)C1=O. The molecule has 9 heteroatoms. The van der Waals surface area contributed by atoms with Gasteiger partial charge in [-0.15, -0.1) is 0 Å². The maximum Gasteiger partial charge on any atom is 0.325 e. The number of likely N-dealkylation sites (N-methyl/N-ethyl adjacent to an activating group) is 1. The summed E-state index contributed by atoms with van der Waals surface area (Å²) in [6, 6.07) is 17.4. The second kappa shape index (κ2) is 8.59. The van der Waals surface area contributed by atoms with E-state index in [4.69, 9.17) is 5.26 Å². The van der Waals surface area contributed by atoms with Crippen molar-refractivity contribution < 1.29 is 14.4 Å². The Hall–Kier alpha value is -4.45. The third kappa shape index (κ3) is 4.19. The standard InChI is InChI=1S/C24H22N6O3/c1-24(19-10-8-17(12-25)9-11-19)22(32)29(23(33)27-24)16-21(31)28(2)14-18-13-26-30(15-18)20-6-4-3-5-7-20/h3-11,13,15H,14,16H2,1-2H3,(H,27,33)/t24-/m1/s1. The van der Waals surface area contributed by atoms with Crippen molar-refractivity contribution in [2.75, 3.05) is 13.6 Å². The number of rotatable bonds is 6. The lowest BCUT2D eigenvalue weighted by molar-refractivity contribution is -0.138. The molecule has 0 saturated carbocycles. The molecule has 0 aliphatic carbocycles. The van der Waals surface area contributed by atoms with E-state index in [0.29, 0.717) is 11.1 Å². The molecule has 1 fully saturated rings. The molecule has 2 heterocycles. The smallest absolute Gasteiger partial charge is 0.325 e. The summed E-state index contributed by atoms with van der Waals surface area (Å²) in [6.07, 6.45) is 3.50. The molecule has 0 unspecified atom stereocenters. The topological polar surface area (TPSA) is 111 Å². The average molecular weight is 442 g/mol. The Kier molecular flexibility index (Phi) is 5.67. The number of amides is 4. The highest BCUT2D eigenvalue weighted by Gasteiger charge is 2.49. The van der Waals surface area contributed by atoms with Crippen molar-refractivity contribution in [3.05, 3.63) is 83.7 Å². The molecule has 4 rings (SSSR count). The van der Waals surface area contributed by atoms with E-state index in [9.17, 15) is 14.4 Å². The van der Waals surface area contributed by atoms with E-state index >= 15 is 0 Å². The van der Waals surface area contributed by atoms with Gasteiger partial charge < -0.3 is 10.2 Å². The lowest BCUT2D eigenvalue weighted by Gasteiger charge is -2.23. The van der Waals surface area contributed by atoms with E-state index in [0.717, 1.165) is 16.2 Å². The van der Waals surface area contributed by atoms with Gasteiger partial charge >= 0.3 is 6.03 Å². The molecule has 1 N–H and O–H groups in total. The highest BCUT2D eigenvalue weighted by Crippen LogP contribution is 2.29. The number of para-hydroxylation sites is 1. The molecule has 1 atom stereocenters. The largest absolute Gasteiger partial charge is 0.340 e. The molecule has 1 aliphatic rings. The predicted molar refractivity (Wildman–Crippen MR) is 119 cm³/mol. The maximum absolute atomic E-state index is 13.1. The number of nitrogens with one attached hydrogen (secondary N) is 1. The van der Waals surface area contributed by atoms with Crippen LogP contribution in [0.3, 0.4) is 0 Å². The van der Waals surface area contributed by atoms with Crippen LogP contribution in [0.5, 0.6) is 0 Å². The molecule has 0 radical (unpaired) electrons. The molecule has 1 aromatic heterocycles. The lowest BCUT2D eigenvalue weighted by atomic mass is 9.91. The van der Waals surface area contributed by atoms with Crippen molar-refractivity contribution in [1.82, 2.24) is 24.9 Å². The van der Waals surface area contributed by atoms with Gasteiger partial charge in [-0.25, -0.2) is 9.48 Å². The minimum atomic E-state index is -1.30. The highest BCUT2D eigenvalue weighted by molar-refractivity contribution is 6.09. The zero-order valence-electron chi connectivity index (χ0n) is 18.2. The van der Waals surface area contributed by atoms with Gasteiger partial charge in [0, 0.05) is 25.4 Å². The summed E-state index contributed by atoms with van der Waals surface area (Å²) in [5.41, 5.74) is 1.40. The number of imide groups is 1. The van der Waals surface area contributed by atoms with Gasteiger partial charge in [-0.05, 0) is 36.8 Å². The summed E-state index contributed by atoms with van der Waals surface area (Å²) in [5, 5.41) is 16.0. The van der Waals surface area contributed by atoms with Gasteiger partial charge in [0.2, 0.25) is 5.91 Å². The van der Waals surface area contributed by atoms with E-state index in [1.807, 2.05) is 42.6 Å². The van der Waals surface area contributed by atoms with Gasteiger partial charge in [0.05, 0.1) is 23.5 Å². The molecular weight excluding hydrogens is 420 g/mol. The summed E-state index contributed by atoms with van der Waals surface area (Å²) < 4.78 is 1.72. The van der Waals surface area contributed by atoms with Crippen molar-refractivity contribution in [3.8, 4) is 11.8 Å². The zero-order chi connectivity index (χ0) is 23.6. The Morgan fingerprint density at radius 1 is 1.15 bits per heavy atom. The summed E-state index contributed by atoms with van der Waals surface area (Å²) >= 11 is 0. The first kappa shape index (κ1) is 21.8. The second-order valence-electron chi connectivity index (χ2n) is 8.01. The van der Waals surface area contributed by atoms with Crippen LogP contribution in [0.2, 0.25) is 0 Å². The first-order chi connectivity index (χ1) is 15.8. The third-order valence-corrected chi connectivity index (χ3v) is 5.66. The summed E-state index contributed by atoms with van der Waals surface area (Å²) in [4.78, 5) is 40.8. The monoisotopic (exact) mass is 442 g/mol. The molecule has 0 bridgehead atoms. The van der Waals surface area contributed by atoms with Crippen molar-refractivity contribution in [2.45, 2.75) is 19.0 Å². The number of carbonyl (C=O) groups is 3. The maximum atomic E-state index is 13.1. The molecule has 1 saturated heterocycles. The minimum Gasteiger partial charge on any atom is -0.340 e. The molecule has 0 spiro atoms. The Balaban J connectivity index is 1.42. The Morgan fingerprint density at radius 2 is 1.85 bits per heavy atom. The molecule has 166 valence electrons. The van der Waals surface area contributed by atoms with E-state index in [1.165, 1.54) is 4.90 Å². The fourth-order valence-electron chi connectivity index (χ4n) is 3.70. The molecular formula is C24H22N6O3. The fourth-order valence-corrected chi connectivity index (χ4v) is 3.70. The van der Waals surface area contributed by atoms with E-state index in [1.54, 1.807) is 49.1 Å². The number of benzene rings is 2. The Labute approximate surface area is 190 Å². The first-order valence-electron chi connectivity index (χ1n) is 10.3. The van der Waals surface area contributed by atoms with Crippen molar-refractivity contribution in [2.24, 2.45) is 0 Å². The third-order valence-electron chi connectivity index (χ3n) is 5.66. The molecule has 4 amide bonds. The Bertz CT molecular complexity index is 1250. The second-order valence-corrected chi connectivity index (χ2v) is 8.01. The van der Waals surface area contributed by atoms with E-state index < -0.39 is 17.5 Å². The molecule has 3 aromatic rings. The summed E-state index contributed by atoms with van der Waals surface area (Å²) in [6.45, 7) is 1.49. The number of hydrogen-bond acceptors (Lipinski definition) is 5. The van der Waals surface area contributed by atoms with Crippen molar-refractivity contribution in [3.63, 3.8) is 0 Å². The van der Waals surface area contributed by atoms with Gasteiger partial charge in [-0.1, -0.05) is 30.3 Å². The van der Waals surface area contributed by atoms with Crippen LogP contribution < -0.4 is 5.32 Å². The highest BCUT2D eigenvalue weighted by atomic mass is 16.2. The van der Waals surface area contributed by atoms with Gasteiger partial charge in [0.15, 0.2) is 0 Å². The Morgan fingerprint density at radius 3 is 2.52 bits per heavy atom. The number of urea groups is 1. The van der Waals surface area contributed by atoms with Gasteiger partial charge in [0.1, 0.15) is 12.1 Å². The molecule has 2 aromatic carbocycles. The number of carbonyl (C=O) groups excluding carboxylic acids is 3. The average Bonchev–Trinajstić information content (AvgIpc) is 3.38. The van der Waals surface area contributed by atoms with Crippen LogP contribution in [0.1, 0.15) is 23.6 Å². The molecule has 1 aliphatic heterocycles. The number of nitriles is 1. The van der Waals surface area contributed by atoms with Gasteiger partial charge in [0.25, 0.3) is 5.91 Å². The molecule has 33 heavy (non-hydrogen) atoms. The zero-order valence-corrected chi connectivity index (χ0v) is 18.2. The van der Waals surface area contributed by atoms with Crippen LogP contribution >= 0.6 is 0 Å². The number of aromatic nitrogens is 2. The number of nitrogens with zero attached hydrogens (tertiary/aromatic N) is 5.